The molecular weight excluding hydrogens is 97.5 g/mol. The monoisotopic (exact) mass is 105 g/mol. The molecular formula is C4H8ClN. The second-order valence-electron chi connectivity index (χ2n) is 1.27. The first-order valence-corrected chi connectivity index (χ1v) is 1.81. The van der Waals surface area contributed by atoms with Crippen molar-refractivity contribution in [3.05, 3.63) is 11.6 Å². The van der Waals surface area contributed by atoms with Crippen molar-refractivity contribution in [2.45, 2.75) is 6.42 Å². The zero-order valence-electron chi connectivity index (χ0n) is 3.48. The minimum absolute atomic E-state index is 0. The molecule has 0 unspecified atom stereocenters. The van der Waals surface area contributed by atoms with Gasteiger partial charge < -0.3 is 5.73 Å². The maximum Gasteiger partial charge on any atom is 0.0140 e. The fourth-order valence-corrected chi connectivity index (χ4v) is 0.239. The predicted octanol–water partition coefficient (Wildman–Crippen LogP) is 0.697. The zero-order valence-corrected chi connectivity index (χ0v) is 4.29. The lowest BCUT2D eigenvalue weighted by molar-refractivity contribution is 1.19. The Morgan fingerprint density at radius 2 is 2.33 bits per heavy atom. The molecule has 1 rings (SSSR count). The van der Waals surface area contributed by atoms with Crippen LogP contribution >= 0.6 is 12.4 Å². The highest BCUT2D eigenvalue weighted by Crippen LogP contribution is 2.14. The van der Waals surface area contributed by atoms with E-state index >= 15 is 0 Å². The Bertz CT molecular complexity index is 67.9. The van der Waals surface area contributed by atoms with Crippen LogP contribution < -0.4 is 5.73 Å². The van der Waals surface area contributed by atoms with Gasteiger partial charge in [0.25, 0.3) is 0 Å². The summed E-state index contributed by atoms with van der Waals surface area (Å²) in [4.78, 5) is 0. The third kappa shape index (κ3) is 1.43. The highest BCUT2D eigenvalue weighted by molar-refractivity contribution is 5.85. The average Bonchev–Trinajstić information content (AvgIpc) is 2.12. The number of hydrogen-bond donors (Lipinski definition) is 1. The van der Waals surface area contributed by atoms with Crippen LogP contribution in [0.15, 0.2) is 11.6 Å². The van der Waals surface area contributed by atoms with Crippen molar-refractivity contribution in [1.29, 1.82) is 0 Å². The number of halogens is 1. The van der Waals surface area contributed by atoms with E-state index < -0.39 is 0 Å². The maximum absolute atomic E-state index is 5.17. The Morgan fingerprint density at radius 3 is 2.33 bits per heavy atom. The van der Waals surface area contributed by atoms with Gasteiger partial charge in [0.15, 0.2) is 0 Å². The molecule has 1 nitrogen and oxygen atoms in total. The highest BCUT2D eigenvalue weighted by atomic mass is 35.5. The molecule has 0 bridgehead atoms. The van der Waals surface area contributed by atoms with Crippen LogP contribution in [0.2, 0.25) is 0 Å². The van der Waals surface area contributed by atoms with Gasteiger partial charge >= 0.3 is 0 Å². The van der Waals surface area contributed by atoms with E-state index in [1.807, 2.05) is 0 Å². The number of hydrogen-bond acceptors (Lipinski definition) is 1. The molecule has 0 heterocycles. The summed E-state index contributed by atoms with van der Waals surface area (Å²) in [5, 5.41) is 0. The Balaban J connectivity index is 0.000000250. The van der Waals surface area contributed by atoms with E-state index in [2.05, 4.69) is 6.08 Å². The van der Waals surface area contributed by atoms with Gasteiger partial charge in [-0.05, 0) is 6.42 Å². The topological polar surface area (TPSA) is 26.0 Å². The number of rotatable bonds is 1. The van der Waals surface area contributed by atoms with Gasteiger partial charge in [0, 0.05) is 6.54 Å². The first-order chi connectivity index (χ1) is 2.43. The summed E-state index contributed by atoms with van der Waals surface area (Å²) >= 11 is 0. The molecule has 0 aromatic rings. The fourth-order valence-electron chi connectivity index (χ4n) is 0.239. The van der Waals surface area contributed by atoms with Crippen molar-refractivity contribution in [3.63, 3.8) is 0 Å². The van der Waals surface area contributed by atoms with Crippen LogP contribution in [-0.4, -0.2) is 6.54 Å². The second-order valence-corrected chi connectivity index (χ2v) is 1.27. The predicted molar refractivity (Wildman–Crippen MR) is 29.0 cm³/mol. The Labute approximate surface area is 43.6 Å². The quantitative estimate of drug-likeness (QED) is 0.488. The lowest BCUT2D eigenvalue weighted by Gasteiger charge is -1.69. The van der Waals surface area contributed by atoms with Gasteiger partial charge in [0.1, 0.15) is 0 Å². The maximum atomic E-state index is 5.17. The molecule has 0 saturated heterocycles. The van der Waals surface area contributed by atoms with Gasteiger partial charge in [-0.1, -0.05) is 11.6 Å². The third-order valence-corrected chi connectivity index (χ3v) is 0.755. The van der Waals surface area contributed by atoms with Crippen LogP contribution in [0, 0.1) is 0 Å². The molecule has 0 aliphatic heterocycles. The highest BCUT2D eigenvalue weighted by Gasteiger charge is 2.00. The molecule has 0 radical (unpaired) electrons. The molecule has 0 amide bonds. The SMILES string of the molecule is Cl.NCC1=CC1. The van der Waals surface area contributed by atoms with Crippen LogP contribution in [0.1, 0.15) is 6.42 Å². The van der Waals surface area contributed by atoms with E-state index in [0.717, 1.165) is 6.54 Å². The first kappa shape index (κ1) is 5.99. The molecule has 0 spiro atoms. The Morgan fingerprint density at radius 1 is 1.83 bits per heavy atom. The molecule has 0 fully saturated rings. The summed E-state index contributed by atoms with van der Waals surface area (Å²) in [6, 6.07) is 0. The van der Waals surface area contributed by atoms with Crippen molar-refractivity contribution in [1.82, 2.24) is 0 Å². The summed E-state index contributed by atoms with van der Waals surface area (Å²) in [6.45, 7) is 0.778. The Hall–Kier alpha value is -0.0100. The summed E-state index contributed by atoms with van der Waals surface area (Å²) in [6.07, 6.45) is 3.32. The van der Waals surface area contributed by atoms with Crippen LogP contribution in [0.4, 0.5) is 0 Å². The lowest BCUT2D eigenvalue weighted by atomic mass is 10.5. The van der Waals surface area contributed by atoms with E-state index in [1.165, 1.54) is 12.0 Å². The molecule has 0 saturated carbocycles. The van der Waals surface area contributed by atoms with Gasteiger partial charge in [0.2, 0.25) is 0 Å². The minimum Gasteiger partial charge on any atom is -0.327 e. The molecule has 36 valence electrons. The fraction of sp³-hybridized carbons (Fsp3) is 0.500. The van der Waals surface area contributed by atoms with Gasteiger partial charge in [-0.2, -0.15) is 0 Å². The smallest absolute Gasteiger partial charge is 0.0140 e. The first-order valence-electron chi connectivity index (χ1n) is 1.81. The normalized spacial score (nSPS) is 15.2. The van der Waals surface area contributed by atoms with Crippen molar-refractivity contribution in [2.75, 3.05) is 6.54 Å². The molecule has 0 atom stereocenters. The molecule has 0 aromatic carbocycles. The molecule has 0 aromatic heterocycles. The van der Waals surface area contributed by atoms with Crippen molar-refractivity contribution in [2.24, 2.45) is 5.73 Å². The summed E-state index contributed by atoms with van der Waals surface area (Å²) in [5.74, 6) is 0. The number of allylic oxidation sites excluding steroid dienone is 1. The summed E-state index contributed by atoms with van der Waals surface area (Å²) < 4.78 is 0. The van der Waals surface area contributed by atoms with E-state index in [-0.39, 0.29) is 12.4 Å². The Kier molecular flexibility index (Phi) is 2.21. The van der Waals surface area contributed by atoms with Crippen molar-refractivity contribution in [3.8, 4) is 0 Å². The van der Waals surface area contributed by atoms with E-state index in [9.17, 15) is 0 Å². The minimum atomic E-state index is 0. The van der Waals surface area contributed by atoms with Crippen LogP contribution in [-0.2, 0) is 0 Å². The largest absolute Gasteiger partial charge is 0.327 e. The molecule has 6 heavy (non-hydrogen) atoms. The summed E-state index contributed by atoms with van der Waals surface area (Å²) in [5.41, 5.74) is 6.57. The van der Waals surface area contributed by atoms with Gasteiger partial charge in [-0.3, -0.25) is 0 Å². The second kappa shape index (κ2) is 2.21. The summed E-state index contributed by atoms with van der Waals surface area (Å²) in [7, 11) is 0. The van der Waals surface area contributed by atoms with E-state index in [4.69, 9.17) is 5.73 Å². The van der Waals surface area contributed by atoms with Crippen LogP contribution in [0.25, 0.3) is 0 Å². The molecule has 1 aliphatic carbocycles. The molecule has 1 aliphatic rings. The zero-order chi connectivity index (χ0) is 3.70. The number of nitrogens with two attached hydrogens (primary N) is 1. The van der Waals surface area contributed by atoms with Crippen LogP contribution in [0.3, 0.4) is 0 Å². The lowest BCUT2D eigenvalue weighted by Crippen LogP contribution is -1.93. The van der Waals surface area contributed by atoms with Crippen molar-refractivity contribution < 1.29 is 0 Å². The van der Waals surface area contributed by atoms with Gasteiger partial charge in [-0.25, -0.2) is 0 Å². The van der Waals surface area contributed by atoms with Gasteiger partial charge in [-0.15, -0.1) is 12.4 Å². The van der Waals surface area contributed by atoms with E-state index in [1.54, 1.807) is 0 Å². The molecule has 2 heteroatoms. The third-order valence-electron chi connectivity index (χ3n) is 0.755. The van der Waals surface area contributed by atoms with Crippen molar-refractivity contribution >= 4 is 12.4 Å². The van der Waals surface area contributed by atoms with Gasteiger partial charge in [0.05, 0.1) is 0 Å². The van der Waals surface area contributed by atoms with E-state index in [0.29, 0.717) is 0 Å². The van der Waals surface area contributed by atoms with Crippen LogP contribution in [0.5, 0.6) is 0 Å². The molecule has 2 N–H and O–H groups in total. The average molecular weight is 106 g/mol. The standard InChI is InChI=1S/C4H7N.ClH/c5-3-4-1-2-4;/h1H,2-3,5H2;1H.